The van der Waals surface area contributed by atoms with Crippen molar-refractivity contribution < 1.29 is 9.59 Å². The lowest BCUT2D eigenvalue weighted by molar-refractivity contribution is -0.123. The van der Waals surface area contributed by atoms with Gasteiger partial charge < -0.3 is 0 Å². The van der Waals surface area contributed by atoms with Crippen molar-refractivity contribution in [3.05, 3.63) is 42.1 Å². The SMILES string of the molecule is CC(=O)NN(/C=C1/C(=O)N(c2ccccc2)N=C1C)C(C)C. The zero-order chi connectivity index (χ0) is 16.3. The van der Waals surface area contributed by atoms with Gasteiger partial charge in [-0.2, -0.15) is 10.1 Å². The Labute approximate surface area is 130 Å². The van der Waals surface area contributed by atoms with Crippen LogP contribution < -0.4 is 10.4 Å². The highest BCUT2D eigenvalue weighted by atomic mass is 16.2. The van der Waals surface area contributed by atoms with E-state index in [-0.39, 0.29) is 17.9 Å². The summed E-state index contributed by atoms with van der Waals surface area (Å²) in [6.45, 7) is 7.06. The average Bonchev–Trinajstić information content (AvgIpc) is 2.75. The fourth-order valence-electron chi connectivity index (χ4n) is 2.04. The van der Waals surface area contributed by atoms with Gasteiger partial charge in [-0.05, 0) is 32.9 Å². The molecule has 0 saturated heterocycles. The maximum Gasteiger partial charge on any atom is 0.282 e. The normalized spacial score (nSPS) is 16.2. The van der Waals surface area contributed by atoms with Crippen molar-refractivity contribution in [2.24, 2.45) is 5.10 Å². The summed E-state index contributed by atoms with van der Waals surface area (Å²) in [6.07, 6.45) is 1.64. The Morgan fingerprint density at radius 1 is 1.32 bits per heavy atom. The number of nitrogens with one attached hydrogen (secondary N) is 1. The van der Waals surface area contributed by atoms with E-state index in [1.807, 2.05) is 44.2 Å². The van der Waals surface area contributed by atoms with Crippen LogP contribution >= 0.6 is 0 Å². The highest BCUT2D eigenvalue weighted by Crippen LogP contribution is 2.23. The molecule has 0 aliphatic carbocycles. The molecule has 1 aromatic rings. The molecule has 22 heavy (non-hydrogen) atoms. The Hall–Kier alpha value is -2.63. The lowest BCUT2D eigenvalue weighted by Gasteiger charge is -2.25. The third-order valence-electron chi connectivity index (χ3n) is 3.17. The Kier molecular flexibility index (Phi) is 4.60. The standard InChI is InChI=1S/C16H20N4O2/c1-11(2)19(18-13(4)21)10-15-12(3)17-20(16(15)22)14-8-6-5-7-9-14/h5-11H,1-4H3,(H,18,21)/b15-10+. The maximum absolute atomic E-state index is 12.6. The Morgan fingerprint density at radius 2 is 1.95 bits per heavy atom. The van der Waals surface area contributed by atoms with E-state index < -0.39 is 0 Å². The third kappa shape index (κ3) is 3.33. The summed E-state index contributed by atoms with van der Waals surface area (Å²) in [6, 6.07) is 9.26. The number of rotatable bonds is 4. The first-order valence-electron chi connectivity index (χ1n) is 7.12. The summed E-state index contributed by atoms with van der Waals surface area (Å²) in [5.74, 6) is -0.398. The van der Waals surface area contributed by atoms with E-state index in [4.69, 9.17) is 0 Å². The molecule has 6 heteroatoms. The number of carbonyl (C=O) groups excluding carboxylic acids is 2. The fourth-order valence-corrected chi connectivity index (χ4v) is 2.04. The van der Waals surface area contributed by atoms with Crippen molar-refractivity contribution in [1.82, 2.24) is 10.4 Å². The number of amides is 2. The maximum atomic E-state index is 12.6. The van der Waals surface area contributed by atoms with Gasteiger partial charge in [0.25, 0.3) is 5.91 Å². The number of benzene rings is 1. The van der Waals surface area contributed by atoms with Gasteiger partial charge in [-0.15, -0.1) is 0 Å². The van der Waals surface area contributed by atoms with Gasteiger partial charge in [0.15, 0.2) is 0 Å². The van der Waals surface area contributed by atoms with Crippen molar-refractivity contribution in [2.45, 2.75) is 33.7 Å². The van der Waals surface area contributed by atoms with Crippen LogP contribution in [0.4, 0.5) is 5.69 Å². The largest absolute Gasteiger partial charge is 0.289 e. The van der Waals surface area contributed by atoms with Gasteiger partial charge >= 0.3 is 0 Å². The molecule has 0 spiro atoms. The summed E-state index contributed by atoms with van der Waals surface area (Å²) in [5, 5.41) is 7.29. The molecule has 0 bridgehead atoms. The van der Waals surface area contributed by atoms with E-state index >= 15 is 0 Å². The van der Waals surface area contributed by atoms with Gasteiger partial charge in [0.1, 0.15) is 0 Å². The second-order valence-corrected chi connectivity index (χ2v) is 5.35. The number of nitrogens with zero attached hydrogens (tertiary/aromatic N) is 3. The number of anilines is 1. The second-order valence-electron chi connectivity index (χ2n) is 5.35. The van der Waals surface area contributed by atoms with Crippen LogP contribution in [0.1, 0.15) is 27.7 Å². The smallest absolute Gasteiger partial charge is 0.282 e. The van der Waals surface area contributed by atoms with Crippen LogP contribution in [0.15, 0.2) is 47.2 Å². The minimum atomic E-state index is -0.209. The molecule has 1 aliphatic rings. The Bertz CT molecular complexity index is 635. The van der Waals surface area contributed by atoms with Gasteiger partial charge in [-0.3, -0.25) is 20.0 Å². The molecule has 0 aromatic heterocycles. The van der Waals surface area contributed by atoms with E-state index in [0.717, 1.165) is 0 Å². The van der Waals surface area contributed by atoms with Crippen LogP contribution in [0.25, 0.3) is 0 Å². The zero-order valence-corrected chi connectivity index (χ0v) is 13.2. The van der Waals surface area contributed by atoms with Crippen LogP contribution in [0, 0.1) is 0 Å². The van der Waals surface area contributed by atoms with Gasteiger partial charge in [-0.25, -0.2) is 0 Å². The molecule has 2 amide bonds. The average molecular weight is 300 g/mol. The lowest BCUT2D eigenvalue weighted by Crippen LogP contribution is -2.42. The van der Waals surface area contributed by atoms with E-state index in [1.165, 1.54) is 11.9 Å². The van der Waals surface area contributed by atoms with Crippen LogP contribution in [0.2, 0.25) is 0 Å². The molecule has 0 saturated carbocycles. The van der Waals surface area contributed by atoms with Crippen molar-refractivity contribution in [2.75, 3.05) is 5.01 Å². The van der Waals surface area contributed by atoms with E-state index in [0.29, 0.717) is 17.0 Å². The predicted molar refractivity (Wildman–Crippen MR) is 85.9 cm³/mol. The number of hydrogen-bond acceptors (Lipinski definition) is 4. The van der Waals surface area contributed by atoms with E-state index in [2.05, 4.69) is 10.5 Å². The quantitative estimate of drug-likeness (QED) is 0.683. The van der Waals surface area contributed by atoms with E-state index in [9.17, 15) is 9.59 Å². The first-order valence-corrected chi connectivity index (χ1v) is 7.12. The van der Waals surface area contributed by atoms with E-state index in [1.54, 1.807) is 18.1 Å². The summed E-state index contributed by atoms with van der Waals surface area (Å²) in [5.41, 5.74) is 4.49. The molecule has 0 atom stereocenters. The highest BCUT2D eigenvalue weighted by Gasteiger charge is 2.29. The molecule has 1 aromatic carbocycles. The Morgan fingerprint density at radius 3 is 2.50 bits per heavy atom. The van der Waals surface area contributed by atoms with Crippen molar-refractivity contribution in [1.29, 1.82) is 0 Å². The van der Waals surface area contributed by atoms with Gasteiger partial charge in [0.05, 0.1) is 17.0 Å². The topological polar surface area (TPSA) is 65.0 Å². The van der Waals surface area contributed by atoms with Crippen molar-refractivity contribution in [3.63, 3.8) is 0 Å². The molecular weight excluding hydrogens is 280 g/mol. The van der Waals surface area contributed by atoms with Crippen LogP contribution in [-0.2, 0) is 9.59 Å². The predicted octanol–water partition coefficient (Wildman–Crippen LogP) is 2.05. The number of hydrazine groups is 1. The molecule has 2 rings (SSSR count). The molecule has 1 heterocycles. The minimum Gasteiger partial charge on any atom is -0.289 e. The summed E-state index contributed by atoms with van der Waals surface area (Å²) >= 11 is 0. The molecular formula is C16H20N4O2. The Balaban J connectivity index is 2.29. The zero-order valence-electron chi connectivity index (χ0n) is 13.2. The van der Waals surface area contributed by atoms with Gasteiger partial charge in [0, 0.05) is 19.2 Å². The number of hydrazone groups is 1. The van der Waals surface area contributed by atoms with Gasteiger partial charge in [-0.1, -0.05) is 18.2 Å². The molecule has 0 radical (unpaired) electrons. The first-order chi connectivity index (χ1) is 10.4. The first kappa shape index (κ1) is 15.8. The van der Waals surface area contributed by atoms with Crippen LogP contribution in [0.5, 0.6) is 0 Å². The summed E-state index contributed by atoms with van der Waals surface area (Å²) in [7, 11) is 0. The van der Waals surface area contributed by atoms with Crippen molar-refractivity contribution in [3.8, 4) is 0 Å². The third-order valence-corrected chi connectivity index (χ3v) is 3.17. The molecule has 6 nitrogen and oxygen atoms in total. The van der Waals surface area contributed by atoms with Gasteiger partial charge in [0.2, 0.25) is 5.91 Å². The monoisotopic (exact) mass is 300 g/mol. The number of para-hydroxylation sites is 1. The number of carbonyl (C=O) groups is 2. The lowest BCUT2D eigenvalue weighted by atomic mass is 10.2. The molecule has 1 N–H and O–H groups in total. The fraction of sp³-hybridized carbons (Fsp3) is 0.312. The van der Waals surface area contributed by atoms with Crippen molar-refractivity contribution >= 4 is 23.2 Å². The molecule has 0 unspecified atom stereocenters. The van der Waals surface area contributed by atoms with Crippen LogP contribution in [-0.4, -0.2) is 28.6 Å². The van der Waals surface area contributed by atoms with Crippen LogP contribution in [0.3, 0.4) is 0 Å². The summed E-state index contributed by atoms with van der Waals surface area (Å²) in [4.78, 5) is 23.8. The second kappa shape index (κ2) is 6.43. The summed E-state index contributed by atoms with van der Waals surface area (Å²) < 4.78 is 0. The highest BCUT2D eigenvalue weighted by molar-refractivity contribution is 6.29. The molecule has 1 aliphatic heterocycles. The molecule has 116 valence electrons. The minimum absolute atomic E-state index is 0.0165. The molecule has 0 fully saturated rings. The number of hydrogen-bond donors (Lipinski definition) is 1.